The zero-order valence-electron chi connectivity index (χ0n) is 12.5. The Morgan fingerprint density at radius 1 is 1.22 bits per heavy atom. The van der Waals surface area contributed by atoms with E-state index in [-0.39, 0.29) is 22.1 Å². The van der Waals surface area contributed by atoms with E-state index in [0.717, 1.165) is 19.6 Å². The fourth-order valence-electron chi connectivity index (χ4n) is 2.86. The number of carbonyl (C=O) groups excluding carboxylic acids is 1. The zero-order valence-corrected chi connectivity index (χ0v) is 14.0. The van der Waals surface area contributed by atoms with Crippen LogP contribution in [0.2, 0.25) is 10.0 Å². The number of amides is 1. The topological polar surface area (TPSA) is 65.2 Å². The smallest absolute Gasteiger partial charge is 0.267 e. The molecule has 1 amide bonds. The van der Waals surface area contributed by atoms with Crippen LogP contribution in [0.25, 0.3) is 10.9 Å². The van der Waals surface area contributed by atoms with Gasteiger partial charge in [0.2, 0.25) is 0 Å². The van der Waals surface area contributed by atoms with Crippen LogP contribution in [0.5, 0.6) is 0 Å². The highest BCUT2D eigenvalue weighted by Gasteiger charge is 2.14. The van der Waals surface area contributed by atoms with Crippen LogP contribution in [0.15, 0.2) is 23.0 Å². The zero-order chi connectivity index (χ0) is 16.4. The van der Waals surface area contributed by atoms with Gasteiger partial charge in [-0.15, -0.1) is 0 Å². The Morgan fingerprint density at radius 2 is 1.96 bits per heavy atom. The van der Waals surface area contributed by atoms with Gasteiger partial charge in [0.1, 0.15) is 5.69 Å². The van der Waals surface area contributed by atoms with Crippen LogP contribution in [0, 0.1) is 0 Å². The van der Waals surface area contributed by atoms with Gasteiger partial charge < -0.3 is 15.2 Å². The predicted octanol–water partition coefficient (Wildman–Crippen LogP) is 2.66. The highest BCUT2D eigenvalue weighted by atomic mass is 35.5. The van der Waals surface area contributed by atoms with Gasteiger partial charge in [-0.25, -0.2) is 0 Å². The number of nitrogens with zero attached hydrogens (tertiary/aromatic N) is 1. The number of likely N-dealkylation sites (tertiary alicyclic amines) is 1. The summed E-state index contributed by atoms with van der Waals surface area (Å²) in [7, 11) is 0. The number of aromatic nitrogens is 1. The van der Waals surface area contributed by atoms with E-state index in [1.807, 2.05) is 0 Å². The molecule has 0 unspecified atom stereocenters. The molecule has 0 bridgehead atoms. The lowest BCUT2D eigenvalue weighted by Crippen LogP contribution is -2.34. The largest absolute Gasteiger partial charge is 0.350 e. The Morgan fingerprint density at radius 3 is 2.70 bits per heavy atom. The van der Waals surface area contributed by atoms with Crippen molar-refractivity contribution >= 4 is 40.0 Å². The molecule has 0 aliphatic carbocycles. The standard InChI is InChI=1S/C16H17Cl2N3O2/c17-10-7-11(18)15-12(8-10)20-13(9-14(15)22)16(23)19-3-6-21-4-1-2-5-21/h7-9H,1-6H2,(H,19,23)(H,20,22). The van der Waals surface area contributed by atoms with E-state index in [0.29, 0.717) is 22.5 Å². The first kappa shape index (κ1) is 16.3. The molecule has 122 valence electrons. The van der Waals surface area contributed by atoms with Gasteiger partial charge in [-0.05, 0) is 38.1 Å². The van der Waals surface area contributed by atoms with Crippen LogP contribution in [0.1, 0.15) is 23.3 Å². The molecule has 1 aliphatic heterocycles. The second kappa shape index (κ2) is 6.91. The van der Waals surface area contributed by atoms with E-state index in [1.165, 1.54) is 25.0 Å². The van der Waals surface area contributed by atoms with Crippen LogP contribution in [-0.4, -0.2) is 42.0 Å². The summed E-state index contributed by atoms with van der Waals surface area (Å²) in [5, 5.41) is 3.85. The van der Waals surface area contributed by atoms with E-state index in [1.54, 1.807) is 6.07 Å². The molecule has 1 fully saturated rings. The number of hydrogen-bond acceptors (Lipinski definition) is 3. The lowest BCUT2D eigenvalue weighted by atomic mass is 10.2. The van der Waals surface area contributed by atoms with E-state index < -0.39 is 0 Å². The maximum absolute atomic E-state index is 12.2. The van der Waals surface area contributed by atoms with Crippen molar-refractivity contribution in [3.8, 4) is 0 Å². The van der Waals surface area contributed by atoms with Gasteiger partial charge >= 0.3 is 0 Å². The minimum atomic E-state index is -0.306. The second-order valence-corrected chi connectivity index (χ2v) is 6.51. The van der Waals surface area contributed by atoms with Crippen molar-refractivity contribution in [3.63, 3.8) is 0 Å². The summed E-state index contributed by atoms with van der Waals surface area (Å²) in [5.41, 5.74) is 0.368. The molecular weight excluding hydrogens is 337 g/mol. The SMILES string of the molecule is O=C(NCCN1CCCC1)c1cc(=O)c2c(Cl)cc(Cl)cc2[nH]1. The number of H-pyrrole nitrogens is 1. The predicted molar refractivity (Wildman–Crippen MR) is 92.6 cm³/mol. The number of fused-ring (bicyclic) bond motifs is 1. The number of hydrogen-bond donors (Lipinski definition) is 2. The Labute approximate surface area is 143 Å². The van der Waals surface area contributed by atoms with Crippen molar-refractivity contribution in [2.45, 2.75) is 12.8 Å². The third kappa shape index (κ3) is 3.68. The maximum atomic E-state index is 12.2. The molecule has 3 rings (SSSR count). The first-order valence-corrected chi connectivity index (χ1v) is 8.33. The van der Waals surface area contributed by atoms with Gasteiger partial charge in [-0.3, -0.25) is 9.59 Å². The summed E-state index contributed by atoms with van der Waals surface area (Å²) in [4.78, 5) is 29.6. The summed E-state index contributed by atoms with van der Waals surface area (Å²) in [6.45, 7) is 3.54. The van der Waals surface area contributed by atoms with Crippen LogP contribution < -0.4 is 10.7 Å². The Bertz CT molecular complexity index is 798. The molecular formula is C16H17Cl2N3O2. The van der Waals surface area contributed by atoms with E-state index in [9.17, 15) is 9.59 Å². The van der Waals surface area contributed by atoms with Crippen molar-refractivity contribution in [1.82, 2.24) is 15.2 Å². The van der Waals surface area contributed by atoms with Crippen molar-refractivity contribution in [2.75, 3.05) is 26.2 Å². The average Bonchev–Trinajstić information content (AvgIpc) is 2.99. The lowest BCUT2D eigenvalue weighted by Gasteiger charge is -2.14. The van der Waals surface area contributed by atoms with Gasteiger partial charge in [0.25, 0.3) is 5.91 Å². The number of rotatable bonds is 4. The highest BCUT2D eigenvalue weighted by molar-refractivity contribution is 6.38. The molecule has 0 radical (unpaired) electrons. The molecule has 1 aliphatic rings. The molecule has 1 aromatic heterocycles. The van der Waals surface area contributed by atoms with E-state index in [4.69, 9.17) is 23.2 Å². The minimum Gasteiger partial charge on any atom is -0.350 e. The summed E-state index contributed by atoms with van der Waals surface area (Å²) in [6.07, 6.45) is 2.43. The first-order valence-electron chi connectivity index (χ1n) is 7.57. The van der Waals surface area contributed by atoms with Gasteiger partial charge in [0.05, 0.1) is 15.9 Å². The van der Waals surface area contributed by atoms with Gasteiger partial charge in [-0.2, -0.15) is 0 Å². The molecule has 1 aromatic carbocycles. The van der Waals surface area contributed by atoms with Crippen molar-refractivity contribution in [3.05, 3.63) is 44.2 Å². The molecule has 2 N–H and O–H groups in total. The summed E-state index contributed by atoms with van der Waals surface area (Å²) in [6, 6.07) is 4.37. The Hall–Kier alpha value is -1.56. The third-order valence-electron chi connectivity index (χ3n) is 4.00. The monoisotopic (exact) mass is 353 g/mol. The van der Waals surface area contributed by atoms with E-state index >= 15 is 0 Å². The van der Waals surface area contributed by atoms with Gasteiger partial charge in [-0.1, -0.05) is 23.2 Å². The van der Waals surface area contributed by atoms with Crippen molar-refractivity contribution < 1.29 is 4.79 Å². The molecule has 23 heavy (non-hydrogen) atoms. The summed E-state index contributed by atoms with van der Waals surface area (Å²) in [5.74, 6) is -0.306. The highest BCUT2D eigenvalue weighted by Crippen LogP contribution is 2.24. The van der Waals surface area contributed by atoms with Crippen LogP contribution in [0.3, 0.4) is 0 Å². The average molecular weight is 354 g/mol. The van der Waals surface area contributed by atoms with Crippen LogP contribution in [-0.2, 0) is 0 Å². The molecule has 0 saturated carbocycles. The van der Waals surface area contributed by atoms with Crippen LogP contribution in [0.4, 0.5) is 0 Å². The molecule has 0 atom stereocenters. The molecule has 2 aromatic rings. The molecule has 7 heteroatoms. The number of aromatic amines is 1. The number of halogens is 2. The quantitative estimate of drug-likeness (QED) is 0.887. The Kier molecular flexibility index (Phi) is 4.90. The second-order valence-electron chi connectivity index (χ2n) is 5.66. The third-order valence-corrected chi connectivity index (χ3v) is 4.52. The first-order chi connectivity index (χ1) is 11.0. The fourth-order valence-corrected chi connectivity index (χ4v) is 3.44. The lowest BCUT2D eigenvalue weighted by molar-refractivity contribution is 0.0945. The fraction of sp³-hybridized carbons (Fsp3) is 0.375. The molecule has 0 spiro atoms. The number of nitrogens with one attached hydrogen (secondary N) is 2. The van der Waals surface area contributed by atoms with Crippen LogP contribution >= 0.6 is 23.2 Å². The molecule has 2 heterocycles. The number of carbonyl (C=O) groups is 1. The Balaban J connectivity index is 1.76. The molecule has 1 saturated heterocycles. The van der Waals surface area contributed by atoms with E-state index in [2.05, 4.69) is 15.2 Å². The van der Waals surface area contributed by atoms with Crippen molar-refractivity contribution in [2.24, 2.45) is 0 Å². The normalized spacial score (nSPS) is 15.2. The summed E-state index contributed by atoms with van der Waals surface area (Å²) < 4.78 is 0. The van der Waals surface area contributed by atoms with Crippen molar-refractivity contribution in [1.29, 1.82) is 0 Å². The van der Waals surface area contributed by atoms with Gasteiger partial charge in [0, 0.05) is 24.2 Å². The maximum Gasteiger partial charge on any atom is 0.267 e. The molecule has 5 nitrogen and oxygen atoms in total. The number of benzene rings is 1. The van der Waals surface area contributed by atoms with Gasteiger partial charge in [0.15, 0.2) is 5.43 Å². The number of pyridine rings is 1. The minimum absolute atomic E-state index is 0.210. The summed E-state index contributed by atoms with van der Waals surface area (Å²) >= 11 is 12.0.